The van der Waals surface area contributed by atoms with E-state index in [2.05, 4.69) is 11.5 Å². The third kappa shape index (κ3) is 2.17. The normalized spacial score (nSPS) is 16.2. The molecule has 3 nitrogen and oxygen atoms in total. The highest BCUT2D eigenvalue weighted by atomic mass is 35.5. The third-order valence-electron chi connectivity index (χ3n) is 4.06. The van der Waals surface area contributed by atoms with E-state index in [1.165, 1.54) is 25.7 Å². The first-order valence-corrected chi connectivity index (χ1v) is 7.15. The van der Waals surface area contributed by atoms with Crippen molar-refractivity contribution < 1.29 is 0 Å². The molecule has 1 aromatic heterocycles. The van der Waals surface area contributed by atoms with Gasteiger partial charge in [-0.1, -0.05) is 36.6 Å². The number of nitrogens with one attached hydrogen (secondary N) is 1. The molecular weight excluding hydrogens is 258 g/mol. The number of rotatable bonds is 2. The Morgan fingerprint density at radius 2 is 2.05 bits per heavy atom. The number of nitrogen functional groups attached to an aromatic ring is 1. The molecule has 1 aliphatic carbocycles. The number of hydrazine groups is 1. The van der Waals surface area contributed by atoms with Crippen LogP contribution in [0.3, 0.4) is 0 Å². The summed E-state index contributed by atoms with van der Waals surface area (Å²) in [7, 11) is 0. The average Bonchev–Trinajstić information content (AvgIpc) is 2.96. The van der Waals surface area contributed by atoms with Crippen molar-refractivity contribution in [3.63, 3.8) is 0 Å². The summed E-state index contributed by atoms with van der Waals surface area (Å²) in [4.78, 5) is 4.80. The molecule has 1 heterocycles. The maximum absolute atomic E-state index is 6.40. The Balaban J connectivity index is 2.22. The van der Waals surface area contributed by atoms with Crippen LogP contribution in [-0.4, -0.2) is 4.98 Å². The first-order chi connectivity index (χ1) is 9.20. The van der Waals surface area contributed by atoms with Gasteiger partial charge in [0.25, 0.3) is 0 Å². The molecule has 3 N–H and O–H groups in total. The number of halogens is 1. The number of aromatic nitrogens is 1. The predicted octanol–water partition coefficient (Wildman–Crippen LogP) is 4.14. The Hall–Kier alpha value is -1.32. The minimum atomic E-state index is 0.549. The lowest BCUT2D eigenvalue weighted by atomic mass is 10.0. The van der Waals surface area contributed by atoms with Crippen LogP contribution in [0.25, 0.3) is 10.9 Å². The Morgan fingerprint density at radius 3 is 2.74 bits per heavy atom. The molecule has 0 aliphatic heterocycles. The lowest BCUT2D eigenvalue weighted by Crippen LogP contribution is -2.09. The van der Waals surface area contributed by atoms with Crippen LogP contribution >= 0.6 is 11.6 Å². The number of anilines is 1. The van der Waals surface area contributed by atoms with Gasteiger partial charge in [-0.3, -0.25) is 10.8 Å². The Kier molecular flexibility index (Phi) is 3.33. The van der Waals surface area contributed by atoms with Crippen LogP contribution in [0.5, 0.6) is 0 Å². The van der Waals surface area contributed by atoms with Crippen LogP contribution in [0.15, 0.2) is 18.2 Å². The molecule has 3 rings (SSSR count). The van der Waals surface area contributed by atoms with E-state index in [0.717, 1.165) is 32.9 Å². The molecule has 0 spiro atoms. The van der Waals surface area contributed by atoms with E-state index in [-0.39, 0.29) is 0 Å². The largest absolute Gasteiger partial charge is 0.323 e. The second-order valence-corrected chi connectivity index (χ2v) is 5.69. The number of fused-ring (bicyclic) bond motifs is 1. The fourth-order valence-electron chi connectivity index (χ4n) is 2.93. The molecule has 0 amide bonds. The minimum absolute atomic E-state index is 0.549. The molecule has 1 saturated carbocycles. The van der Waals surface area contributed by atoms with Gasteiger partial charge in [-0.2, -0.15) is 0 Å². The van der Waals surface area contributed by atoms with Crippen LogP contribution in [-0.2, 0) is 0 Å². The second-order valence-electron chi connectivity index (χ2n) is 5.31. The smallest absolute Gasteiger partial charge is 0.0915 e. The number of benzene rings is 1. The van der Waals surface area contributed by atoms with Gasteiger partial charge in [-0.05, 0) is 31.4 Å². The molecule has 1 aliphatic rings. The summed E-state index contributed by atoms with van der Waals surface area (Å²) in [6.07, 6.45) is 5.01. The van der Waals surface area contributed by atoms with Gasteiger partial charge in [0.1, 0.15) is 0 Å². The van der Waals surface area contributed by atoms with Crippen LogP contribution in [0, 0.1) is 6.92 Å². The van der Waals surface area contributed by atoms with Gasteiger partial charge in [0.15, 0.2) is 0 Å². The number of hydrogen-bond acceptors (Lipinski definition) is 3. The van der Waals surface area contributed by atoms with E-state index < -0.39 is 0 Å². The lowest BCUT2D eigenvalue weighted by molar-refractivity contribution is 0.701. The Bertz CT molecular complexity index is 618. The van der Waals surface area contributed by atoms with Crippen molar-refractivity contribution in [1.29, 1.82) is 0 Å². The zero-order valence-corrected chi connectivity index (χ0v) is 11.8. The zero-order valence-electron chi connectivity index (χ0n) is 11.0. The summed E-state index contributed by atoms with van der Waals surface area (Å²) in [5.41, 5.74) is 6.72. The van der Waals surface area contributed by atoms with Gasteiger partial charge in [0.2, 0.25) is 0 Å². The van der Waals surface area contributed by atoms with Gasteiger partial charge < -0.3 is 5.43 Å². The van der Waals surface area contributed by atoms with E-state index in [1.54, 1.807) is 0 Å². The molecule has 0 atom stereocenters. The molecule has 4 heteroatoms. The molecule has 2 aromatic rings. The van der Waals surface area contributed by atoms with Crippen molar-refractivity contribution in [1.82, 2.24) is 4.98 Å². The Labute approximate surface area is 118 Å². The first-order valence-electron chi connectivity index (χ1n) is 6.77. The number of nitrogens with two attached hydrogens (primary N) is 1. The summed E-state index contributed by atoms with van der Waals surface area (Å²) in [6, 6.07) is 6.10. The maximum atomic E-state index is 6.40. The van der Waals surface area contributed by atoms with Crippen molar-refractivity contribution in [3.05, 3.63) is 34.5 Å². The average molecular weight is 276 g/mol. The summed E-state index contributed by atoms with van der Waals surface area (Å²) < 4.78 is 0. The monoisotopic (exact) mass is 275 g/mol. The van der Waals surface area contributed by atoms with Gasteiger partial charge in [0, 0.05) is 17.0 Å². The third-order valence-corrected chi connectivity index (χ3v) is 4.54. The molecule has 0 radical (unpaired) electrons. The van der Waals surface area contributed by atoms with Crippen LogP contribution < -0.4 is 11.3 Å². The summed E-state index contributed by atoms with van der Waals surface area (Å²) in [5, 5.41) is 1.72. The van der Waals surface area contributed by atoms with Gasteiger partial charge in [-0.25, -0.2) is 0 Å². The summed E-state index contributed by atoms with van der Waals surface area (Å²) in [5.74, 6) is 6.20. The number of pyridine rings is 1. The van der Waals surface area contributed by atoms with Crippen molar-refractivity contribution in [2.45, 2.75) is 38.5 Å². The predicted molar refractivity (Wildman–Crippen MR) is 80.5 cm³/mol. The fourth-order valence-corrected chi connectivity index (χ4v) is 3.14. The maximum Gasteiger partial charge on any atom is 0.0915 e. The highest BCUT2D eigenvalue weighted by Crippen LogP contribution is 2.37. The highest BCUT2D eigenvalue weighted by Gasteiger charge is 2.20. The molecule has 0 bridgehead atoms. The first kappa shape index (κ1) is 12.7. The second kappa shape index (κ2) is 4.99. The number of nitrogens with zero attached hydrogens (tertiary/aromatic N) is 1. The van der Waals surface area contributed by atoms with Crippen molar-refractivity contribution in [2.75, 3.05) is 5.43 Å². The Morgan fingerprint density at radius 1 is 1.32 bits per heavy atom. The lowest BCUT2D eigenvalue weighted by Gasteiger charge is -2.14. The van der Waals surface area contributed by atoms with Gasteiger partial charge in [-0.15, -0.1) is 0 Å². The van der Waals surface area contributed by atoms with E-state index in [1.807, 2.05) is 19.1 Å². The van der Waals surface area contributed by atoms with Crippen LogP contribution in [0.2, 0.25) is 5.02 Å². The molecule has 0 unspecified atom stereocenters. The fraction of sp³-hybridized carbons (Fsp3) is 0.400. The van der Waals surface area contributed by atoms with E-state index >= 15 is 0 Å². The summed E-state index contributed by atoms with van der Waals surface area (Å²) >= 11 is 6.40. The molecule has 100 valence electrons. The molecule has 1 fully saturated rings. The summed E-state index contributed by atoms with van der Waals surface area (Å²) in [6.45, 7) is 2.00. The number of hydrogen-bond donors (Lipinski definition) is 2. The van der Waals surface area contributed by atoms with E-state index in [0.29, 0.717) is 5.92 Å². The van der Waals surface area contributed by atoms with Gasteiger partial charge in [0.05, 0.1) is 16.2 Å². The van der Waals surface area contributed by atoms with Crippen molar-refractivity contribution >= 4 is 28.2 Å². The van der Waals surface area contributed by atoms with Crippen molar-refractivity contribution in [3.8, 4) is 0 Å². The SMILES string of the molecule is Cc1ccc2c(NN)cc(C3CCCC3)nc2c1Cl. The topological polar surface area (TPSA) is 50.9 Å². The van der Waals surface area contributed by atoms with Crippen LogP contribution in [0.4, 0.5) is 5.69 Å². The molecular formula is C15H18ClN3. The molecule has 0 saturated heterocycles. The zero-order chi connectivity index (χ0) is 13.4. The minimum Gasteiger partial charge on any atom is -0.323 e. The van der Waals surface area contributed by atoms with Crippen molar-refractivity contribution in [2.24, 2.45) is 5.84 Å². The molecule has 19 heavy (non-hydrogen) atoms. The number of aryl methyl sites for hydroxylation is 1. The standard InChI is InChI=1S/C15H18ClN3/c1-9-6-7-11-13(19-17)8-12(10-4-2-3-5-10)18-15(11)14(9)16/h6-8,10H,2-5,17H2,1H3,(H,18,19). The van der Waals surface area contributed by atoms with Gasteiger partial charge >= 0.3 is 0 Å². The molecule has 1 aromatic carbocycles. The highest BCUT2D eigenvalue weighted by molar-refractivity contribution is 6.36. The van der Waals surface area contributed by atoms with Crippen LogP contribution in [0.1, 0.15) is 42.9 Å². The van der Waals surface area contributed by atoms with E-state index in [4.69, 9.17) is 22.4 Å². The van der Waals surface area contributed by atoms with E-state index in [9.17, 15) is 0 Å². The quantitative estimate of drug-likeness (QED) is 0.640.